The number of carbonyl (C=O) groups is 3. The van der Waals surface area contributed by atoms with Crippen molar-refractivity contribution in [2.24, 2.45) is 5.41 Å². The van der Waals surface area contributed by atoms with Crippen molar-refractivity contribution >= 4 is 34.6 Å². The third-order valence-corrected chi connectivity index (χ3v) is 8.76. The van der Waals surface area contributed by atoms with Crippen LogP contribution in [0.15, 0.2) is 36.5 Å². The van der Waals surface area contributed by atoms with Gasteiger partial charge in [0.1, 0.15) is 11.4 Å². The molecule has 0 radical (unpaired) electrons. The smallest absolute Gasteiger partial charge is 0.419 e. The predicted octanol–water partition coefficient (Wildman–Crippen LogP) is 5.30. The number of rotatable bonds is 5. The van der Waals surface area contributed by atoms with Crippen LogP contribution in [-0.4, -0.2) is 71.8 Å². The molecule has 3 aromatic rings. The lowest BCUT2D eigenvalue weighted by molar-refractivity contribution is -0.146. The number of nitrogens with zero attached hydrogens (tertiary/aromatic N) is 3. The topological polar surface area (TPSA) is 116 Å². The van der Waals surface area contributed by atoms with E-state index in [2.05, 4.69) is 4.90 Å². The van der Waals surface area contributed by atoms with Gasteiger partial charge in [0.15, 0.2) is 0 Å². The number of hydrogen-bond donors (Lipinski definition) is 1. The van der Waals surface area contributed by atoms with Gasteiger partial charge in [-0.25, -0.2) is 9.59 Å². The number of likely N-dealkylation sites (tertiary alicyclic amines) is 2. The summed E-state index contributed by atoms with van der Waals surface area (Å²) < 4.78 is 18.0. The van der Waals surface area contributed by atoms with Gasteiger partial charge in [-0.05, 0) is 82.5 Å². The summed E-state index contributed by atoms with van der Waals surface area (Å²) in [5, 5.41) is 0.919. The van der Waals surface area contributed by atoms with E-state index in [4.69, 9.17) is 19.9 Å². The summed E-state index contributed by atoms with van der Waals surface area (Å²) in [5.41, 5.74) is 10.5. The zero-order valence-electron chi connectivity index (χ0n) is 26.2. The molecule has 230 valence electrons. The minimum atomic E-state index is -0.628. The Bertz CT molecular complexity index is 1580. The molecule has 1 unspecified atom stereocenters. The van der Waals surface area contributed by atoms with Gasteiger partial charge in [-0.3, -0.25) is 14.3 Å². The molecule has 3 heterocycles. The number of esters is 1. The number of carbonyl (C=O) groups excluding carboxylic acids is 3. The molecule has 2 aliphatic rings. The molecule has 1 atom stereocenters. The van der Waals surface area contributed by atoms with Gasteiger partial charge >= 0.3 is 12.1 Å². The van der Waals surface area contributed by atoms with Crippen LogP contribution in [0.5, 0.6) is 5.75 Å². The molecule has 43 heavy (non-hydrogen) atoms. The van der Waals surface area contributed by atoms with E-state index in [0.717, 1.165) is 65.8 Å². The third kappa shape index (κ3) is 5.80. The third-order valence-electron chi connectivity index (χ3n) is 8.76. The van der Waals surface area contributed by atoms with Crippen molar-refractivity contribution in [3.05, 3.63) is 58.8 Å². The van der Waals surface area contributed by atoms with E-state index in [1.165, 1.54) is 7.11 Å². The summed E-state index contributed by atoms with van der Waals surface area (Å²) in [6, 6.07) is 9.19. The Morgan fingerprint density at radius 1 is 1.09 bits per heavy atom. The number of nitrogens with two attached hydrogens (primary N) is 1. The van der Waals surface area contributed by atoms with Crippen LogP contribution < -0.4 is 10.5 Å². The molecular weight excluding hydrogens is 548 g/mol. The van der Waals surface area contributed by atoms with E-state index < -0.39 is 17.7 Å². The lowest BCUT2D eigenvalue weighted by Gasteiger charge is -2.56. The molecule has 0 saturated carbocycles. The molecule has 1 aromatic heterocycles. The van der Waals surface area contributed by atoms with Crippen LogP contribution in [0.25, 0.3) is 10.9 Å². The van der Waals surface area contributed by atoms with Crippen molar-refractivity contribution in [2.75, 3.05) is 39.6 Å². The number of benzene rings is 2. The number of methoxy groups -OCH3 is 2. The number of hydrogen-bond acceptors (Lipinski definition) is 8. The van der Waals surface area contributed by atoms with E-state index >= 15 is 0 Å². The van der Waals surface area contributed by atoms with Crippen LogP contribution in [0.3, 0.4) is 0 Å². The van der Waals surface area contributed by atoms with Gasteiger partial charge < -0.3 is 24.8 Å². The van der Waals surface area contributed by atoms with Crippen molar-refractivity contribution in [1.29, 1.82) is 0 Å². The molecule has 2 fully saturated rings. The standard InChI is InChI=1S/C33H42N4O6/c1-20-14-28(41-6)25(23-10-12-37(29(20)23)31(40)43-32(3,4)5)17-35-13-11-33(18-36(19-33)21(2)38)16-27(35)24-9-8-22(15-26(24)34)30(39)42-7/h8-10,12,14-15,27H,11,13,16-19,34H2,1-7H3. The van der Waals surface area contributed by atoms with E-state index in [-0.39, 0.29) is 17.4 Å². The first-order valence-corrected chi connectivity index (χ1v) is 14.6. The zero-order chi connectivity index (χ0) is 31.3. The van der Waals surface area contributed by atoms with Crippen LogP contribution in [0.4, 0.5) is 10.5 Å². The van der Waals surface area contributed by atoms with Gasteiger partial charge in [0, 0.05) is 60.8 Å². The van der Waals surface area contributed by atoms with Crippen LogP contribution in [-0.2, 0) is 20.8 Å². The summed E-state index contributed by atoms with van der Waals surface area (Å²) >= 11 is 0. The number of nitrogen functional groups attached to an aromatic ring is 1. The largest absolute Gasteiger partial charge is 0.496 e. The molecule has 2 saturated heterocycles. The summed E-state index contributed by atoms with van der Waals surface area (Å²) in [6.45, 7) is 11.9. The Kier molecular flexibility index (Phi) is 7.94. The van der Waals surface area contributed by atoms with Crippen LogP contribution in [0.1, 0.15) is 73.6 Å². The fourth-order valence-electron chi connectivity index (χ4n) is 6.64. The lowest BCUT2D eigenvalue weighted by atomic mass is 9.68. The van der Waals surface area contributed by atoms with Crippen LogP contribution >= 0.6 is 0 Å². The average Bonchev–Trinajstić information content (AvgIpc) is 3.38. The quantitative estimate of drug-likeness (QED) is 0.315. The fraction of sp³-hybridized carbons (Fsp3) is 0.485. The van der Waals surface area contributed by atoms with Gasteiger partial charge in [0.05, 0.1) is 25.3 Å². The fourth-order valence-corrected chi connectivity index (χ4v) is 6.64. The highest BCUT2D eigenvalue weighted by Crippen LogP contribution is 2.49. The Hall–Kier alpha value is -4.05. The Morgan fingerprint density at radius 3 is 2.42 bits per heavy atom. The molecule has 10 nitrogen and oxygen atoms in total. The Labute approximate surface area is 252 Å². The molecule has 1 amide bonds. The highest BCUT2D eigenvalue weighted by atomic mass is 16.6. The molecule has 5 rings (SSSR count). The molecular formula is C33H42N4O6. The van der Waals surface area contributed by atoms with E-state index in [1.54, 1.807) is 36.9 Å². The van der Waals surface area contributed by atoms with Gasteiger partial charge in [0.2, 0.25) is 5.91 Å². The van der Waals surface area contributed by atoms with Gasteiger partial charge in [-0.1, -0.05) is 6.07 Å². The summed E-state index contributed by atoms with van der Waals surface area (Å²) in [6.07, 6.45) is 3.07. The van der Waals surface area contributed by atoms with Gasteiger partial charge in [-0.2, -0.15) is 0 Å². The normalized spacial score (nSPS) is 18.4. The minimum Gasteiger partial charge on any atom is -0.496 e. The molecule has 0 aliphatic carbocycles. The summed E-state index contributed by atoms with van der Waals surface area (Å²) in [5.74, 6) is 0.395. The number of ether oxygens (including phenoxy) is 3. The number of aromatic nitrogens is 1. The van der Waals surface area contributed by atoms with Crippen molar-refractivity contribution < 1.29 is 28.6 Å². The molecule has 1 spiro atoms. The molecule has 2 N–H and O–H groups in total. The molecule has 10 heteroatoms. The van der Waals surface area contributed by atoms with Crippen molar-refractivity contribution in [3.63, 3.8) is 0 Å². The number of amides is 1. The molecule has 0 bridgehead atoms. The minimum absolute atomic E-state index is 0.00697. The Morgan fingerprint density at radius 2 is 1.81 bits per heavy atom. The first-order valence-electron chi connectivity index (χ1n) is 14.6. The first kappa shape index (κ1) is 30.4. The van der Waals surface area contributed by atoms with Crippen molar-refractivity contribution in [2.45, 2.75) is 65.6 Å². The van der Waals surface area contributed by atoms with E-state index in [9.17, 15) is 14.4 Å². The predicted molar refractivity (Wildman–Crippen MR) is 164 cm³/mol. The number of anilines is 1. The van der Waals surface area contributed by atoms with E-state index in [1.807, 2.05) is 50.8 Å². The summed E-state index contributed by atoms with van der Waals surface area (Å²) in [7, 11) is 3.01. The van der Waals surface area contributed by atoms with E-state index in [0.29, 0.717) is 17.8 Å². The second kappa shape index (κ2) is 11.2. The summed E-state index contributed by atoms with van der Waals surface area (Å²) in [4.78, 5) is 41.6. The highest BCUT2D eigenvalue weighted by Gasteiger charge is 2.49. The first-order chi connectivity index (χ1) is 20.3. The Balaban J connectivity index is 1.54. The number of fused-ring (bicyclic) bond motifs is 1. The monoisotopic (exact) mass is 590 g/mol. The molecule has 2 aliphatic heterocycles. The molecule has 2 aromatic carbocycles. The average molecular weight is 591 g/mol. The highest BCUT2D eigenvalue weighted by molar-refractivity contribution is 5.95. The number of piperidine rings is 1. The maximum Gasteiger partial charge on any atom is 0.419 e. The second-order valence-corrected chi connectivity index (χ2v) is 13.0. The second-order valence-electron chi connectivity index (χ2n) is 13.0. The SMILES string of the molecule is COC(=O)c1ccc(C2CC3(CCN2Cc2c(OC)cc(C)c4c2ccn4C(=O)OC(C)(C)C)CN(C(C)=O)C3)c(N)c1. The maximum absolute atomic E-state index is 13.1. The lowest BCUT2D eigenvalue weighted by Crippen LogP contribution is -2.61. The number of aryl methyl sites for hydroxylation is 1. The van der Waals surface area contributed by atoms with Crippen molar-refractivity contribution in [3.8, 4) is 5.75 Å². The maximum atomic E-state index is 13.1. The van der Waals surface area contributed by atoms with Gasteiger partial charge in [-0.15, -0.1) is 0 Å². The zero-order valence-corrected chi connectivity index (χ0v) is 26.2. The van der Waals surface area contributed by atoms with Crippen LogP contribution in [0.2, 0.25) is 0 Å². The van der Waals surface area contributed by atoms with Gasteiger partial charge in [0.25, 0.3) is 0 Å². The van der Waals surface area contributed by atoms with Crippen molar-refractivity contribution in [1.82, 2.24) is 14.4 Å². The van der Waals surface area contributed by atoms with Crippen LogP contribution in [0, 0.1) is 12.3 Å².